The molecule has 1 aliphatic rings. The Bertz CT molecular complexity index is 408. The van der Waals surface area contributed by atoms with Gasteiger partial charge >= 0.3 is 0 Å². The van der Waals surface area contributed by atoms with Crippen LogP contribution in [0.25, 0.3) is 0 Å². The second-order valence-corrected chi connectivity index (χ2v) is 6.90. The topological polar surface area (TPSA) is 38.3 Å². The van der Waals surface area contributed by atoms with Crippen LogP contribution in [0.1, 0.15) is 13.3 Å². The number of benzene rings is 1. The summed E-state index contributed by atoms with van der Waals surface area (Å²) in [6.07, 6.45) is 0.931. The molecule has 100 valence electrons. The van der Waals surface area contributed by atoms with Gasteiger partial charge in [-0.25, -0.2) is 0 Å². The minimum atomic E-state index is -1.02. The minimum absolute atomic E-state index is 0.0416. The van der Waals surface area contributed by atoms with Gasteiger partial charge in [-0.05, 0) is 37.2 Å². The standard InChI is InChI=1S/C13H18BrNO2S/c1-2-15-12-7-8-17-9-13(12)18(16)11-5-3-10(14)4-6-11/h3-6,12-13,15H,2,7-9H2,1H3. The van der Waals surface area contributed by atoms with E-state index in [0.29, 0.717) is 6.61 Å². The highest BCUT2D eigenvalue weighted by Gasteiger charge is 2.30. The molecule has 0 amide bonds. The van der Waals surface area contributed by atoms with Crippen LogP contribution < -0.4 is 5.32 Å². The number of rotatable bonds is 4. The molecule has 1 saturated heterocycles. The van der Waals surface area contributed by atoms with Gasteiger partial charge in [0, 0.05) is 22.0 Å². The smallest absolute Gasteiger partial charge is 0.0782 e. The van der Waals surface area contributed by atoms with Gasteiger partial charge in [0.05, 0.1) is 22.7 Å². The molecular weight excluding hydrogens is 314 g/mol. The van der Waals surface area contributed by atoms with E-state index in [2.05, 4.69) is 28.2 Å². The lowest BCUT2D eigenvalue weighted by Crippen LogP contribution is -2.48. The van der Waals surface area contributed by atoms with Gasteiger partial charge < -0.3 is 10.1 Å². The summed E-state index contributed by atoms with van der Waals surface area (Å²) in [4.78, 5) is 0.872. The minimum Gasteiger partial charge on any atom is -0.380 e. The molecule has 1 N–H and O–H groups in total. The number of halogens is 1. The fourth-order valence-electron chi connectivity index (χ4n) is 2.16. The SMILES string of the molecule is CCNC1CCOCC1S(=O)c1ccc(Br)cc1. The van der Waals surface area contributed by atoms with Crippen molar-refractivity contribution in [1.29, 1.82) is 0 Å². The normalized spacial score (nSPS) is 25.9. The Morgan fingerprint density at radius 1 is 1.44 bits per heavy atom. The van der Waals surface area contributed by atoms with Crippen molar-refractivity contribution >= 4 is 26.7 Å². The van der Waals surface area contributed by atoms with Crippen LogP contribution >= 0.6 is 15.9 Å². The molecule has 0 saturated carbocycles. The first-order valence-electron chi connectivity index (χ1n) is 6.19. The lowest BCUT2D eigenvalue weighted by molar-refractivity contribution is 0.0824. The first-order chi connectivity index (χ1) is 8.72. The van der Waals surface area contributed by atoms with Gasteiger partial charge in [-0.2, -0.15) is 0 Å². The number of nitrogens with one attached hydrogen (secondary N) is 1. The molecule has 1 heterocycles. The largest absolute Gasteiger partial charge is 0.380 e. The Hall–Kier alpha value is -0.230. The molecule has 18 heavy (non-hydrogen) atoms. The summed E-state index contributed by atoms with van der Waals surface area (Å²) in [5.41, 5.74) is 0. The summed E-state index contributed by atoms with van der Waals surface area (Å²) in [5, 5.41) is 3.46. The van der Waals surface area contributed by atoms with Gasteiger partial charge in [0.25, 0.3) is 0 Å². The van der Waals surface area contributed by atoms with Crippen LogP contribution in [0.15, 0.2) is 33.6 Å². The summed E-state index contributed by atoms with van der Waals surface area (Å²) >= 11 is 3.39. The maximum Gasteiger partial charge on any atom is 0.0782 e. The van der Waals surface area contributed by atoms with Crippen LogP contribution in [-0.2, 0) is 15.5 Å². The average Bonchev–Trinajstić information content (AvgIpc) is 2.40. The third-order valence-corrected chi connectivity index (χ3v) is 5.37. The zero-order valence-corrected chi connectivity index (χ0v) is 12.8. The van der Waals surface area contributed by atoms with E-state index in [-0.39, 0.29) is 11.3 Å². The quantitative estimate of drug-likeness (QED) is 0.920. The fourth-order valence-corrected chi connectivity index (χ4v) is 3.93. The maximum absolute atomic E-state index is 12.6. The molecule has 1 aromatic rings. The van der Waals surface area contributed by atoms with E-state index in [0.717, 1.165) is 28.9 Å². The molecular formula is C13H18BrNO2S. The van der Waals surface area contributed by atoms with Crippen LogP contribution in [-0.4, -0.2) is 35.3 Å². The monoisotopic (exact) mass is 331 g/mol. The van der Waals surface area contributed by atoms with Crippen molar-refractivity contribution in [1.82, 2.24) is 5.32 Å². The first-order valence-corrected chi connectivity index (χ1v) is 8.20. The Balaban J connectivity index is 2.12. The summed E-state index contributed by atoms with van der Waals surface area (Å²) in [7, 11) is -1.02. The second-order valence-electron chi connectivity index (χ2n) is 4.32. The highest BCUT2D eigenvalue weighted by molar-refractivity contribution is 9.10. The first kappa shape index (κ1) is 14.2. The lowest BCUT2D eigenvalue weighted by atomic mass is 10.1. The van der Waals surface area contributed by atoms with Gasteiger partial charge in [0.15, 0.2) is 0 Å². The molecule has 1 fully saturated rings. The van der Waals surface area contributed by atoms with E-state index in [1.165, 1.54) is 0 Å². The van der Waals surface area contributed by atoms with Crippen LogP contribution in [0.4, 0.5) is 0 Å². The van der Waals surface area contributed by atoms with Gasteiger partial charge in [-0.1, -0.05) is 22.9 Å². The lowest BCUT2D eigenvalue weighted by Gasteiger charge is -2.31. The molecule has 0 aliphatic carbocycles. The van der Waals surface area contributed by atoms with Gasteiger partial charge in [0.1, 0.15) is 0 Å². The number of hydrogen-bond donors (Lipinski definition) is 1. The molecule has 2 rings (SSSR count). The van der Waals surface area contributed by atoms with Crippen molar-refractivity contribution in [3.05, 3.63) is 28.7 Å². The number of hydrogen-bond acceptors (Lipinski definition) is 3. The molecule has 0 radical (unpaired) electrons. The molecule has 3 nitrogen and oxygen atoms in total. The molecule has 3 atom stereocenters. The zero-order valence-electron chi connectivity index (χ0n) is 10.4. The Morgan fingerprint density at radius 3 is 2.83 bits per heavy atom. The Labute approximate surface area is 119 Å². The van der Waals surface area contributed by atoms with Crippen molar-refractivity contribution in [2.45, 2.75) is 29.5 Å². The highest BCUT2D eigenvalue weighted by Crippen LogP contribution is 2.21. The molecule has 0 aromatic heterocycles. The van der Waals surface area contributed by atoms with Crippen LogP contribution in [0, 0.1) is 0 Å². The third kappa shape index (κ3) is 3.41. The second kappa shape index (κ2) is 6.80. The van der Waals surface area contributed by atoms with Crippen LogP contribution in [0.5, 0.6) is 0 Å². The predicted molar refractivity (Wildman–Crippen MR) is 77.2 cm³/mol. The van der Waals surface area contributed by atoms with Crippen molar-refractivity contribution in [2.24, 2.45) is 0 Å². The predicted octanol–water partition coefficient (Wildman–Crippen LogP) is 2.32. The van der Waals surface area contributed by atoms with Crippen molar-refractivity contribution in [2.75, 3.05) is 19.8 Å². The molecule has 0 bridgehead atoms. The van der Waals surface area contributed by atoms with Crippen molar-refractivity contribution in [3.63, 3.8) is 0 Å². The summed E-state index contributed by atoms with van der Waals surface area (Å²) < 4.78 is 19.1. The van der Waals surface area contributed by atoms with Gasteiger partial charge in [-0.15, -0.1) is 0 Å². The van der Waals surface area contributed by atoms with Crippen LogP contribution in [0.3, 0.4) is 0 Å². The summed E-state index contributed by atoms with van der Waals surface area (Å²) in [6, 6.07) is 7.97. The van der Waals surface area contributed by atoms with E-state index in [4.69, 9.17) is 4.74 Å². The Morgan fingerprint density at radius 2 is 2.17 bits per heavy atom. The van der Waals surface area contributed by atoms with Crippen molar-refractivity contribution < 1.29 is 8.95 Å². The van der Waals surface area contributed by atoms with Crippen molar-refractivity contribution in [3.8, 4) is 0 Å². The third-order valence-electron chi connectivity index (χ3n) is 3.09. The van der Waals surface area contributed by atoms with Gasteiger partial charge in [0.2, 0.25) is 0 Å². The van der Waals surface area contributed by atoms with Crippen LogP contribution in [0.2, 0.25) is 0 Å². The fraction of sp³-hybridized carbons (Fsp3) is 0.538. The number of ether oxygens (including phenoxy) is 1. The summed E-state index contributed by atoms with van der Waals surface area (Å²) in [6.45, 7) is 4.31. The zero-order chi connectivity index (χ0) is 13.0. The van der Waals surface area contributed by atoms with E-state index < -0.39 is 10.8 Å². The summed E-state index contributed by atoms with van der Waals surface area (Å²) in [5.74, 6) is 0. The van der Waals surface area contributed by atoms with E-state index in [9.17, 15) is 4.21 Å². The van der Waals surface area contributed by atoms with E-state index in [1.54, 1.807) is 0 Å². The van der Waals surface area contributed by atoms with Gasteiger partial charge in [-0.3, -0.25) is 4.21 Å². The highest BCUT2D eigenvalue weighted by atomic mass is 79.9. The molecule has 5 heteroatoms. The average molecular weight is 332 g/mol. The Kier molecular flexibility index (Phi) is 5.36. The molecule has 3 unspecified atom stereocenters. The van der Waals surface area contributed by atoms with E-state index in [1.807, 2.05) is 24.3 Å². The molecule has 1 aliphatic heterocycles. The van der Waals surface area contributed by atoms with E-state index >= 15 is 0 Å². The molecule has 1 aromatic carbocycles. The maximum atomic E-state index is 12.6. The molecule has 0 spiro atoms.